The fourth-order valence-corrected chi connectivity index (χ4v) is 4.50. The number of nitrogens with one attached hydrogen (secondary N) is 1. The summed E-state index contributed by atoms with van der Waals surface area (Å²) in [6.45, 7) is 0.586. The van der Waals surface area contributed by atoms with Crippen molar-refractivity contribution in [2.24, 2.45) is 0 Å². The maximum atomic E-state index is 13.4. The van der Waals surface area contributed by atoms with Gasteiger partial charge in [-0.15, -0.1) is 0 Å². The van der Waals surface area contributed by atoms with Crippen molar-refractivity contribution >= 4 is 23.5 Å². The van der Waals surface area contributed by atoms with E-state index in [1.807, 2.05) is 54.6 Å². The highest BCUT2D eigenvalue weighted by molar-refractivity contribution is 6.21. The summed E-state index contributed by atoms with van der Waals surface area (Å²) >= 11 is 0. The van der Waals surface area contributed by atoms with Crippen LogP contribution in [0.3, 0.4) is 0 Å². The second-order valence-electron chi connectivity index (χ2n) is 8.06. The van der Waals surface area contributed by atoms with E-state index in [2.05, 4.69) is 5.32 Å². The fourth-order valence-electron chi connectivity index (χ4n) is 4.50. The second-order valence-corrected chi connectivity index (χ2v) is 8.06. The van der Waals surface area contributed by atoms with Crippen LogP contribution < -0.4 is 10.2 Å². The van der Waals surface area contributed by atoms with E-state index < -0.39 is 6.17 Å². The predicted octanol–water partition coefficient (Wildman–Crippen LogP) is 4.01. The van der Waals surface area contributed by atoms with Crippen LogP contribution in [0.2, 0.25) is 0 Å². The molecule has 0 saturated heterocycles. The van der Waals surface area contributed by atoms with Crippen LogP contribution in [0.4, 0.5) is 10.5 Å². The minimum atomic E-state index is -0.800. The van der Waals surface area contributed by atoms with E-state index in [0.717, 1.165) is 29.7 Å². The Hall–Kier alpha value is -3.93. The SMILES string of the molecule is O=C(NC(Cc1ccccc1)N1C(=O)c2ccccc2C1=O)N1CCCc2ccccc21. The first-order valence-corrected chi connectivity index (χ1v) is 10.8. The average molecular weight is 425 g/mol. The quantitative estimate of drug-likeness (QED) is 0.642. The molecular weight excluding hydrogens is 402 g/mol. The van der Waals surface area contributed by atoms with Crippen molar-refractivity contribution in [3.63, 3.8) is 0 Å². The molecule has 1 unspecified atom stereocenters. The van der Waals surface area contributed by atoms with Gasteiger partial charge in [-0.2, -0.15) is 0 Å². The molecule has 5 rings (SSSR count). The molecule has 32 heavy (non-hydrogen) atoms. The number of aryl methyl sites for hydroxylation is 1. The number of nitrogens with zero attached hydrogens (tertiary/aromatic N) is 2. The van der Waals surface area contributed by atoms with Gasteiger partial charge in [-0.3, -0.25) is 19.4 Å². The number of hydrogen-bond acceptors (Lipinski definition) is 3. The summed E-state index contributed by atoms with van der Waals surface area (Å²) in [5.41, 5.74) is 3.65. The maximum absolute atomic E-state index is 13.4. The normalized spacial score (nSPS) is 15.9. The number of fused-ring (bicyclic) bond motifs is 2. The molecule has 2 aliphatic heterocycles. The number of urea groups is 1. The number of carbonyl (C=O) groups excluding carboxylic acids is 3. The van der Waals surface area contributed by atoms with Crippen LogP contribution in [0.1, 0.15) is 38.3 Å². The third-order valence-electron chi connectivity index (χ3n) is 6.05. The number of benzene rings is 3. The van der Waals surface area contributed by atoms with Crippen LogP contribution in [0.15, 0.2) is 78.9 Å². The molecule has 3 aromatic carbocycles. The van der Waals surface area contributed by atoms with E-state index in [4.69, 9.17) is 0 Å². The summed E-state index contributed by atoms with van der Waals surface area (Å²) in [4.78, 5) is 42.5. The molecule has 0 aliphatic carbocycles. The summed E-state index contributed by atoms with van der Waals surface area (Å²) < 4.78 is 0. The number of imide groups is 1. The molecule has 2 aliphatic rings. The van der Waals surface area contributed by atoms with Gasteiger partial charge in [0.05, 0.1) is 11.1 Å². The maximum Gasteiger partial charge on any atom is 0.323 e. The first kappa shape index (κ1) is 20.0. The Morgan fingerprint density at radius 2 is 1.47 bits per heavy atom. The first-order chi connectivity index (χ1) is 15.6. The number of para-hydroxylation sites is 1. The van der Waals surface area contributed by atoms with Crippen LogP contribution >= 0.6 is 0 Å². The van der Waals surface area contributed by atoms with Gasteiger partial charge in [0.15, 0.2) is 0 Å². The standard InChI is InChI=1S/C26H23N3O3/c30-24-20-13-5-6-14-21(20)25(31)29(24)23(17-18-9-2-1-3-10-18)27-26(32)28-16-8-12-19-11-4-7-15-22(19)28/h1-7,9-11,13-15,23H,8,12,16-17H2,(H,27,32). The first-order valence-electron chi connectivity index (χ1n) is 10.8. The number of carbonyl (C=O) groups is 3. The Morgan fingerprint density at radius 1 is 0.844 bits per heavy atom. The molecule has 0 radical (unpaired) electrons. The third kappa shape index (κ3) is 3.54. The second kappa shape index (κ2) is 8.30. The van der Waals surface area contributed by atoms with Crippen LogP contribution in [0.25, 0.3) is 0 Å². The van der Waals surface area contributed by atoms with Crippen molar-refractivity contribution in [3.05, 3.63) is 101 Å². The topological polar surface area (TPSA) is 69.7 Å². The van der Waals surface area contributed by atoms with Crippen LogP contribution in [-0.2, 0) is 12.8 Å². The number of rotatable bonds is 4. The fraction of sp³-hybridized carbons (Fsp3) is 0.192. The van der Waals surface area contributed by atoms with Gasteiger partial charge in [0.2, 0.25) is 0 Å². The predicted molar refractivity (Wildman–Crippen MR) is 122 cm³/mol. The number of hydrogen-bond donors (Lipinski definition) is 1. The summed E-state index contributed by atoms with van der Waals surface area (Å²) in [6, 6.07) is 23.9. The molecule has 6 heteroatoms. The molecule has 6 nitrogen and oxygen atoms in total. The van der Waals surface area contributed by atoms with Crippen molar-refractivity contribution < 1.29 is 14.4 Å². The van der Waals surface area contributed by atoms with E-state index in [0.29, 0.717) is 24.1 Å². The van der Waals surface area contributed by atoms with Gasteiger partial charge < -0.3 is 5.32 Å². The minimum absolute atomic E-state index is 0.311. The zero-order valence-electron chi connectivity index (χ0n) is 17.5. The zero-order valence-corrected chi connectivity index (χ0v) is 17.5. The number of anilines is 1. The monoisotopic (exact) mass is 425 g/mol. The summed E-state index contributed by atoms with van der Waals surface area (Å²) in [5.74, 6) is -0.767. The highest BCUT2D eigenvalue weighted by Crippen LogP contribution is 2.28. The molecule has 0 saturated carbocycles. The van der Waals surface area contributed by atoms with Crippen molar-refractivity contribution in [3.8, 4) is 0 Å². The minimum Gasteiger partial charge on any atom is -0.316 e. The van der Waals surface area contributed by atoms with E-state index in [1.54, 1.807) is 29.2 Å². The molecular formula is C26H23N3O3. The van der Waals surface area contributed by atoms with Gasteiger partial charge in [-0.1, -0.05) is 60.7 Å². The van der Waals surface area contributed by atoms with Gasteiger partial charge in [-0.05, 0) is 42.2 Å². The van der Waals surface area contributed by atoms with E-state index >= 15 is 0 Å². The van der Waals surface area contributed by atoms with Gasteiger partial charge in [-0.25, -0.2) is 4.79 Å². The lowest BCUT2D eigenvalue weighted by atomic mass is 10.0. The zero-order chi connectivity index (χ0) is 22.1. The molecule has 4 amide bonds. The highest BCUT2D eigenvalue weighted by Gasteiger charge is 2.41. The van der Waals surface area contributed by atoms with E-state index in [-0.39, 0.29) is 17.8 Å². The molecule has 0 spiro atoms. The molecule has 1 atom stereocenters. The van der Waals surface area contributed by atoms with Gasteiger partial charge in [0.25, 0.3) is 11.8 Å². The Bertz CT molecular complexity index is 1160. The van der Waals surface area contributed by atoms with Gasteiger partial charge in [0.1, 0.15) is 6.17 Å². The van der Waals surface area contributed by atoms with Gasteiger partial charge >= 0.3 is 6.03 Å². The van der Waals surface area contributed by atoms with Crippen LogP contribution in [0.5, 0.6) is 0 Å². The van der Waals surface area contributed by atoms with Crippen molar-refractivity contribution in [1.82, 2.24) is 10.2 Å². The Labute approximate surface area is 186 Å². The van der Waals surface area contributed by atoms with Crippen molar-refractivity contribution in [1.29, 1.82) is 0 Å². The lowest BCUT2D eigenvalue weighted by Gasteiger charge is -2.33. The molecule has 2 heterocycles. The summed E-state index contributed by atoms with van der Waals surface area (Å²) in [6.07, 6.45) is 1.31. The van der Waals surface area contributed by atoms with E-state index in [1.165, 1.54) is 4.90 Å². The Morgan fingerprint density at radius 3 is 2.19 bits per heavy atom. The lowest BCUT2D eigenvalue weighted by molar-refractivity contribution is 0.0564. The van der Waals surface area contributed by atoms with Crippen molar-refractivity contribution in [2.75, 3.05) is 11.4 Å². The molecule has 3 aromatic rings. The molecule has 0 bridgehead atoms. The molecule has 160 valence electrons. The van der Waals surface area contributed by atoms with Crippen molar-refractivity contribution in [2.45, 2.75) is 25.4 Å². The lowest BCUT2D eigenvalue weighted by Crippen LogP contribution is -2.56. The smallest absolute Gasteiger partial charge is 0.316 e. The number of amides is 4. The molecule has 0 aromatic heterocycles. The summed E-state index contributed by atoms with van der Waals surface area (Å²) in [7, 11) is 0. The van der Waals surface area contributed by atoms with Gasteiger partial charge in [0, 0.05) is 18.7 Å². The molecule has 0 fully saturated rings. The molecule has 1 N–H and O–H groups in total. The Balaban J connectivity index is 1.46. The van der Waals surface area contributed by atoms with Crippen LogP contribution in [0, 0.1) is 0 Å². The average Bonchev–Trinajstić information content (AvgIpc) is 3.09. The van der Waals surface area contributed by atoms with Crippen LogP contribution in [-0.4, -0.2) is 35.5 Å². The third-order valence-corrected chi connectivity index (χ3v) is 6.05. The Kier molecular flexibility index (Phi) is 5.19. The summed E-state index contributed by atoms with van der Waals surface area (Å²) in [5, 5.41) is 2.98. The largest absolute Gasteiger partial charge is 0.323 e. The van der Waals surface area contributed by atoms with E-state index in [9.17, 15) is 14.4 Å². The highest BCUT2D eigenvalue weighted by atomic mass is 16.2.